The smallest absolute Gasteiger partial charge is 0.196 e. The number of nitrogens with zero attached hydrogens (tertiary/aromatic N) is 3. The predicted molar refractivity (Wildman–Crippen MR) is 98.4 cm³/mol. The van der Waals surface area contributed by atoms with E-state index in [1.165, 1.54) is 12.1 Å². The number of rotatable bonds is 3. The summed E-state index contributed by atoms with van der Waals surface area (Å²) < 4.78 is 15.6. The maximum Gasteiger partial charge on any atom is 0.196 e. The van der Waals surface area contributed by atoms with Crippen LogP contribution in [0.4, 0.5) is 4.39 Å². The molecule has 4 nitrogen and oxygen atoms in total. The van der Waals surface area contributed by atoms with Gasteiger partial charge in [0.25, 0.3) is 0 Å². The molecule has 2 aromatic carbocycles. The Morgan fingerprint density at radius 1 is 1.04 bits per heavy atom. The Kier molecular flexibility index (Phi) is 3.89. The molecule has 124 valence electrons. The Bertz CT molecular complexity index is 1100. The Hall–Kier alpha value is -2.86. The highest BCUT2D eigenvalue weighted by Gasteiger charge is 2.17. The molecule has 0 radical (unpaired) electrons. The molecule has 2 aromatic heterocycles. The van der Waals surface area contributed by atoms with Gasteiger partial charge >= 0.3 is 0 Å². The van der Waals surface area contributed by atoms with E-state index in [2.05, 4.69) is 10.2 Å². The number of hydrogen-bond donors (Lipinski definition) is 1. The molecule has 1 N–H and O–H groups in total. The topological polar surface area (TPSA) is 46.5 Å². The van der Waals surface area contributed by atoms with Gasteiger partial charge in [0.05, 0.1) is 11.6 Å². The summed E-state index contributed by atoms with van der Waals surface area (Å²) in [6, 6.07) is 18.2. The zero-order valence-electron chi connectivity index (χ0n) is 13.5. The van der Waals surface area contributed by atoms with Crippen LogP contribution >= 0.6 is 12.2 Å². The lowest BCUT2D eigenvalue weighted by Crippen LogP contribution is -2.09. The molecule has 4 rings (SSSR count). The second-order valence-electron chi connectivity index (χ2n) is 5.84. The largest absolute Gasteiger partial charge is 0.292 e. The SMILES string of the molecule is C[C@@H](c1ccc(F)cc1)n1c(-c2ccc3ccccc3n2)n[nH]c1=S. The van der Waals surface area contributed by atoms with Gasteiger partial charge in [0.2, 0.25) is 0 Å². The number of pyridine rings is 1. The summed E-state index contributed by atoms with van der Waals surface area (Å²) in [5.41, 5.74) is 2.58. The first-order chi connectivity index (χ1) is 12.1. The van der Waals surface area contributed by atoms with Crippen molar-refractivity contribution >= 4 is 23.1 Å². The lowest BCUT2D eigenvalue weighted by molar-refractivity contribution is 0.614. The third-order valence-corrected chi connectivity index (χ3v) is 4.56. The fourth-order valence-corrected chi connectivity index (χ4v) is 3.22. The Morgan fingerprint density at radius 3 is 2.60 bits per heavy atom. The summed E-state index contributed by atoms with van der Waals surface area (Å²) in [6.45, 7) is 2.00. The molecule has 25 heavy (non-hydrogen) atoms. The fraction of sp³-hybridized carbons (Fsp3) is 0.105. The van der Waals surface area contributed by atoms with Crippen molar-refractivity contribution in [3.05, 3.63) is 76.8 Å². The van der Waals surface area contributed by atoms with E-state index in [-0.39, 0.29) is 11.9 Å². The summed E-state index contributed by atoms with van der Waals surface area (Å²) >= 11 is 5.41. The van der Waals surface area contributed by atoms with Crippen molar-refractivity contribution in [2.24, 2.45) is 0 Å². The first kappa shape index (κ1) is 15.7. The van der Waals surface area contributed by atoms with Crippen molar-refractivity contribution in [3.8, 4) is 11.5 Å². The molecule has 0 aliphatic carbocycles. The van der Waals surface area contributed by atoms with E-state index < -0.39 is 0 Å². The summed E-state index contributed by atoms with van der Waals surface area (Å²) in [4.78, 5) is 4.70. The number of nitrogens with one attached hydrogen (secondary N) is 1. The van der Waals surface area contributed by atoms with E-state index in [0.717, 1.165) is 22.2 Å². The number of halogens is 1. The minimum Gasteiger partial charge on any atom is -0.292 e. The zero-order valence-corrected chi connectivity index (χ0v) is 14.3. The molecular formula is C19H15FN4S. The molecule has 4 aromatic rings. The summed E-state index contributed by atoms with van der Waals surface area (Å²) in [7, 11) is 0. The minimum atomic E-state index is -0.261. The number of aromatic amines is 1. The van der Waals surface area contributed by atoms with Crippen LogP contribution in [-0.4, -0.2) is 19.7 Å². The molecule has 0 aliphatic rings. The molecule has 0 aliphatic heterocycles. The van der Waals surface area contributed by atoms with Crippen molar-refractivity contribution in [3.63, 3.8) is 0 Å². The average molecular weight is 350 g/mol. The zero-order chi connectivity index (χ0) is 17.4. The first-order valence-corrected chi connectivity index (χ1v) is 8.33. The van der Waals surface area contributed by atoms with Gasteiger partial charge in [-0.1, -0.05) is 36.4 Å². The van der Waals surface area contributed by atoms with Gasteiger partial charge in [-0.15, -0.1) is 0 Å². The summed E-state index contributed by atoms with van der Waals surface area (Å²) in [5, 5.41) is 8.28. The van der Waals surface area contributed by atoms with Gasteiger partial charge in [0.15, 0.2) is 10.6 Å². The number of H-pyrrole nitrogens is 1. The van der Waals surface area contributed by atoms with Gasteiger partial charge in [-0.05, 0) is 49.0 Å². The number of fused-ring (bicyclic) bond motifs is 1. The molecule has 0 fully saturated rings. The molecule has 1 atom stereocenters. The molecule has 6 heteroatoms. The van der Waals surface area contributed by atoms with Gasteiger partial charge in [-0.25, -0.2) is 9.37 Å². The standard InChI is InChI=1S/C19H15FN4S/c1-12(13-6-9-15(20)10-7-13)24-18(22-23-19(24)25)17-11-8-14-4-2-3-5-16(14)21-17/h2-12H,1H3,(H,23,25)/t12-/m0/s1. The second kappa shape index (κ2) is 6.22. The van der Waals surface area contributed by atoms with Crippen LogP contribution in [0.5, 0.6) is 0 Å². The molecule has 0 unspecified atom stereocenters. The lowest BCUT2D eigenvalue weighted by atomic mass is 10.1. The number of hydrogen-bond acceptors (Lipinski definition) is 3. The highest BCUT2D eigenvalue weighted by atomic mass is 32.1. The maximum atomic E-state index is 13.2. The molecule has 0 spiro atoms. The normalized spacial score (nSPS) is 12.4. The summed E-state index contributed by atoms with van der Waals surface area (Å²) in [5.74, 6) is 0.399. The highest BCUT2D eigenvalue weighted by Crippen LogP contribution is 2.26. The van der Waals surface area contributed by atoms with Crippen LogP contribution < -0.4 is 0 Å². The number of para-hydroxylation sites is 1. The monoisotopic (exact) mass is 350 g/mol. The Morgan fingerprint density at radius 2 is 1.80 bits per heavy atom. The second-order valence-corrected chi connectivity index (χ2v) is 6.23. The number of aromatic nitrogens is 4. The maximum absolute atomic E-state index is 13.2. The van der Waals surface area contributed by atoms with Crippen LogP contribution in [0.2, 0.25) is 0 Å². The fourth-order valence-electron chi connectivity index (χ4n) is 2.93. The Balaban J connectivity index is 1.83. The van der Waals surface area contributed by atoms with E-state index >= 15 is 0 Å². The Labute approximate surface area is 149 Å². The van der Waals surface area contributed by atoms with Crippen LogP contribution in [0.1, 0.15) is 18.5 Å². The third kappa shape index (κ3) is 2.85. The van der Waals surface area contributed by atoms with Crippen LogP contribution in [-0.2, 0) is 0 Å². The molecule has 0 amide bonds. The van der Waals surface area contributed by atoms with Crippen molar-refractivity contribution in [2.75, 3.05) is 0 Å². The predicted octanol–water partition coefficient (Wildman–Crippen LogP) is 4.90. The van der Waals surface area contributed by atoms with E-state index in [1.807, 2.05) is 47.9 Å². The van der Waals surface area contributed by atoms with Crippen LogP contribution in [0, 0.1) is 10.6 Å². The molecule has 0 saturated heterocycles. The molecular weight excluding hydrogens is 335 g/mol. The van der Waals surface area contributed by atoms with Gasteiger partial charge in [-0.2, -0.15) is 5.10 Å². The van der Waals surface area contributed by atoms with Gasteiger partial charge in [0.1, 0.15) is 11.5 Å². The molecule has 0 bridgehead atoms. The van der Waals surface area contributed by atoms with Crippen LogP contribution in [0.25, 0.3) is 22.4 Å². The average Bonchev–Trinajstić information content (AvgIpc) is 3.03. The quantitative estimate of drug-likeness (QED) is 0.534. The van der Waals surface area contributed by atoms with Crippen LogP contribution in [0.3, 0.4) is 0 Å². The molecule has 2 heterocycles. The van der Waals surface area contributed by atoms with E-state index in [1.54, 1.807) is 12.1 Å². The van der Waals surface area contributed by atoms with Gasteiger partial charge in [-0.3, -0.25) is 9.67 Å². The minimum absolute atomic E-state index is 0.102. The van der Waals surface area contributed by atoms with E-state index in [4.69, 9.17) is 17.2 Å². The third-order valence-electron chi connectivity index (χ3n) is 4.27. The highest BCUT2D eigenvalue weighted by molar-refractivity contribution is 7.71. The van der Waals surface area contributed by atoms with Crippen LogP contribution in [0.15, 0.2) is 60.7 Å². The van der Waals surface area contributed by atoms with Gasteiger partial charge < -0.3 is 0 Å². The lowest BCUT2D eigenvalue weighted by Gasteiger charge is -2.16. The van der Waals surface area contributed by atoms with E-state index in [0.29, 0.717) is 10.6 Å². The van der Waals surface area contributed by atoms with Crippen molar-refractivity contribution in [1.29, 1.82) is 0 Å². The summed E-state index contributed by atoms with van der Waals surface area (Å²) in [6.07, 6.45) is 0. The van der Waals surface area contributed by atoms with Crippen molar-refractivity contribution < 1.29 is 4.39 Å². The van der Waals surface area contributed by atoms with Gasteiger partial charge in [0, 0.05) is 5.39 Å². The van der Waals surface area contributed by atoms with Crippen molar-refractivity contribution in [1.82, 2.24) is 19.7 Å². The first-order valence-electron chi connectivity index (χ1n) is 7.92. The molecule has 0 saturated carbocycles. The number of benzene rings is 2. The van der Waals surface area contributed by atoms with E-state index in [9.17, 15) is 4.39 Å². The van der Waals surface area contributed by atoms with Crippen molar-refractivity contribution in [2.45, 2.75) is 13.0 Å².